The second-order valence-corrected chi connectivity index (χ2v) is 10.9. The van der Waals surface area contributed by atoms with Crippen molar-refractivity contribution in [3.8, 4) is 5.75 Å². The van der Waals surface area contributed by atoms with E-state index < -0.39 is 15.9 Å². The molecule has 9 heteroatoms. The Labute approximate surface area is 226 Å². The van der Waals surface area contributed by atoms with E-state index in [4.69, 9.17) is 27.9 Å². The fourth-order valence-electron chi connectivity index (χ4n) is 3.55. The lowest BCUT2D eigenvalue weighted by Gasteiger charge is -2.25. The van der Waals surface area contributed by atoms with Gasteiger partial charge in [0.2, 0.25) is 0 Å². The fourth-order valence-corrected chi connectivity index (χ4v) is 5.50. The highest BCUT2D eigenvalue weighted by atomic mass is 35.5. The highest BCUT2D eigenvalue weighted by Crippen LogP contribution is 2.30. The van der Waals surface area contributed by atoms with Gasteiger partial charge in [0.05, 0.1) is 32.9 Å². The first-order valence-corrected chi connectivity index (χ1v) is 13.5. The predicted molar refractivity (Wildman–Crippen MR) is 148 cm³/mol. The molecule has 0 saturated carbocycles. The van der Waals surface area contributed by atoms with Crippen LogP contribution in [0.4, 0.5) is 11.4 Å². The lowest BCUT2D eigenvalue weighted by Crippen LogP contribution is -2.30. The van der Waals surface area contributed by atoms with E-state index in [1.165, 1.54) is 4.31 Å². The van der Waals surface area contributed by atoms with E-state index in [1.54, 1.807) is 66.7 Å². The molecule has 4 aromatic carbocycles. The Morgan fingerprint density at radius 1 is 0.838 bits per heavy atom. The van der Waals surface area contributed by atoms with Crippen LogP contribution in [0.15, 0.2) is 102 Å². The summed E-state index contributed by atoms with van der Waals surface area (Å²) in [5.74, 6) is -0.0386. The molecule has 0 heterocycles. The van der Waals surface area contributed by atoms with Crippen molar-refractivity contribution in [3.63, 3.8) is 0 Å². The second kappa shape index (κ2) is 11.7. The van der Waals surface area contributed by atoms with Crippen LogP contribution < -0.4 is 14.4 Å². The molecule has 1 N–H and O–H groups in total. The van der Waals surface area contributed by atoms with Crippen molar-refractivity contribution < 1.29 is 17.9 Å². The summed E-state index contributed by atoms with van der Waals surface area (Å²) in [6.07, 6.45) is 0. The van der Waals surface area contributed by atoms with Gasteiger partial charge in [0, 0.05) is 0 Å². The zero-order chi connectivity index (χ0) is 26.4. The summed E-state index contributed by atoms with van der Waals surface area (Å²) in [4.78, 5) is 12.5. The lowest BCUT2D eigenvalue weighted by atomic mass is 10.2. The maximum atomic E-state index is 13.6. The van der Waals surface area contributed by atoms with Gasteiger partial charge in [0.15, 0.2) is 6.61 Å². The van der Waals surface area contributed by atoms with E-state index in [0.717, 1.165) is 11.1 Å². The summed E-state index contributed by atoms with van der Waals surface area (Å²) >= 11 is 12.2. The van der Waals surface area contributed by atoms with Gasteiger partial charge >= 0.3 is 0 Å². The van der Waals surface area contributed by atoms with Crippen molar-refractivity contribution in [2.24, 2.45) is 0 Å². The number of nitrogens with zero attached hydrogens (tertiary/aromatic N) is 1. The van der Waals surface area contributed by atoms with E-state index in [-0.39, 0.29) is 18.0 Å². The molecule has 0 atom stereocenters. The molecule has 0 aliphatic rings. The number of para-hydroxylation sites is 1. The number of carbonyl (C=O) groups is 1. The molecule has 6 nitrogen and oxygen atoms in total. The molecule has 1 amide bonds. The molecule has 4 rings (SSSR count). The predicted octanol–water partition coefficient (Wildman–Crippen LogP) is 6.71. The van der Waals surface area contributed by atoms with Crippen LogP contribution in [0.1, 0.15) is 11.1 Å². The van der Waals surface area contributed by atoms with Crippen LogP contribution in [0.25, 0.3) is 0 Å². The lowest BCUT2D eigenvalue weighted by molar-refractivity contribution is -0.118. The van der Waals surface area contributed by atoms with Crippen LogP contribution in [0.2, 0.25) is 10.0 Å². The number of hydrogen-bond acceptors (Lipinski definition) is 4. The number of ether oxygens (including phenoxy) is 1. The van der Waals surface area contributed by atoms with Crippen LogP contribution in [0.3, 0.4) is 0 Å². The van der Waals surface area contributed by atoms with Gasteiger partial charge in [0.25, 0.3) is 15.9 Å². The van der Waals surface area contributed by atoms with E-state index in [2.05, 4.69) is 5.32 Å². The quantitative estimate of drug-likeness (QED) is 0.249. The number of hydrogen-bond donors (Lipinski definition) is 1. The molecule has 0 fully saturated rings. The number of sulfonamides is 1. The Hall–Kier alpha value is -3.52. The first kappa shape index (κ1) is 26.5. The standard InChI is InChI=1S/C28H24Cl2N2O4S/c1-20-10-16-24(17-11-20)37(34,35)32(18-21-6-3-2-4-7-21)22-12-14-23(15-13-22)36-19-27(33)31-28-25(29)8-5-9-26(28)30/h2-17H,18-19H2,1H3,(H,31,33). The number of halogens is 2. The molecular weight excluding hydrogens is 531 g/mol. The van der Waals surface area contributed by atoms with Gasteiger partial charge in [-0.25, -0.2) is 8.42 Å². The Kier molecular flexibility index (Phi) is 8.38. The number of rotatable bonds is 9. The van der Waals surface area contributed by atoms with E-state index in [9.17, 15) is 13.2 Å². The summed E-state index contributed by atoms with van der Waals surface area (Å²) in [6, 6.07) is 27.5. The molecular formula is C28H24Cl2N2O4S. The summed E-state index contributed by atoms with van der Waals surface area (Å²) < 4.78 is 34.1. The van der Waals surface area contributed by atoms with Gasteiger partial charge in [-0.05, 0) is 61.0 Å². The van der Waals surface area contributed by atoms with Crippen LogP contribution in [-0.2, 0) is 21.4 Å². The van der Waals surface area contributed by atoms with Crippen molar-refractivity contribution in [3.05, 3.63) is 118 Å². The summed E-state index contributed by atoms with van der Waals surface area (Å²) in [7, 11) is -3.85. The minimum Gasteiger partial charge on any atom is -0.484 e. The molecule has 0 aromatic heterocycles. The number of amides is 1. The average molecular weight is 555 g/mol. The summed E-state index contributed by atoms with van der Waals surface area (Å²) in [5, 5.41) is 3.27. The first-order chi connectivity index (χ1) is 17.7. The normalized spacial score (nSPS) is 11.1. The van der Waals surface area contributed by atoms with E-state index >= 15 is 0 Å². The third kappa shape index (κ3) is 6.63. The topological polar surface area (TPSA) is 75.7 Å². The maximum Gasteiger partial charge on any atom is 0.264 e. The van der Waals surface area contributed by atoms with Crippen molar-refractivity contribution >= 4 is 50.5 Å². The van der Waals surface area contributed by atoms with Crippen molar-refractivity contribution in [2.45, 2.75) is 18.4 Å². The Balaban J connectivity index is 1.52. The number of carbonyl (C=O) groups excluding carboxylic acids is 1. The number of benzene rings is 4. The SMILES string of the molecule is Cc1ccc(S(=O)(=O)N(Cc2ccccc2)c2ccc(OCC(=O)Nc3c(Cl)cccc3Cl)cc2)cc1. The Morgan fingerprint density at radius 3 is 2.08 bits per heavy atom. The molecule has 4 aromatic rings. The molecule has 190 valence electrons. The van der Waals surface area contributed by atoms with Gasteiger partial charge in [-0.2, -0.15) is 0 Å². The zero-order valence-corrected chi connectivity index (χ0v) is 22.2. The van der Waals surface area contributed by atoms with Gasteiger partial charge in [-0.1, -0.05) is 77.3 Å². The Bertz CT molecular complexity index is 1460. The smallest absolute Gasteiger partial charge is 0.264 e. The first-order valence-electron chi connectivity index (χ1n) is 11.3. The van der Waals surface area contributed by atoms with E-state index in [1.807, 2.05) is 37.3 Å². The number of aryl methyl sites for hydroxylation is 1. The average Bonchev–Trinajstić information content (AvgIpc) is 2.89. The van der Waals surface area contributed by atoms with Gasteiger partial charge in [-0.15, -0.1) is 0 Å². The van der Waals surface area contributed by atoms with Crippen molar-refractivity contribution in [1.29, 1.82) is 0 Å². The zero-order valence-electron chi connectivity index (χ0n) is 19.9. The highest BCUT2D eigenvalue weighted by molar-refractivity contribution is 7.92. The largest absolute Gasteiger partial charge is 0.484 e. The highest BCUT2D eigenvalue weighted by Gasteiger charge is 2.25. The molecule has 37 heavy (non-hydrogen) atoms. The van der Waals surface area contributed by atoms with Gasteiger partial charge in [0.1, 0.15) is 5.75 Å². The number of anilines is 2. The third-order valence-corrected chi connectivity index (χ3v) is 7.92. The minimum atomic E-state index is -3.85. The van der Waals surface area contributed by atoms with Crippen molar-refractivity contribution in [2.75, 3.05) is 16.2 Å². The Morgan fingerprint density at radius 2 is 1.46 bits per heavy atom. The summed E-state index contributed by atoms with van der Waals surface area (Å²) in [5.41, 5.74) is 2.58. The number of nitrogens with one attached hydrogen (secondary N) is 1. The van der Waals surface area contributed by atoms with Crippen LogP contribution in [0, 0.1) is 6.92 Å². The van der Waals surface area contributed by atoms with E-state index in [0.29, 0.717) is 27.2 Å². The minimum absolute atomic E-state index is 0.151. The second-order valence-electron chi connectivity index (χ2n) is 8.24. The monoisotopic (exact) mass is 554 g/mol. The molecule has 0 saturated heterocycles. The molecule has 0 unspecified atom stereocenters. The van der Waals surface area contributed by atoms with Gasteiger partial charge < -0.3 is 10.1 Å². The molecule has 0 spiro atoms. The molecule has 0 aliphatic carbocycles. The molecule has 0 radical (unpaired) electrons. The van der Waals surface area contributed by atoms with Crippen molar-refractivity contribution in [1.82, 2.24) is 0 Å². The van der Waals surface area contributed by atoms with Gasteiger partial charge in [-0.3, -0.25) is 9.10 Å². The van der Waals surface area contributed by atoms with Crippen LogP contribution in [0.5, 0.6) is 5.75 Å². The van der Waals surface area contributed by atoms with Crippen LogP contribution in [-0.4, -0.2) is 20.9 Å². The fraction of sp³-hybridized carbons (Fsp3) is 0.107. The third-order valence-electron chi connectivity index (χ3n) is 5.50. The molecule has 0 aliphatic heterocycles. The summed E-state index contributed by atoms with van der Waals surface area (Å²) in [6.45, 7) is 1.77. The van der Waals surface area contributed by atoms with Crippen LogP contribution >= 0.6 is 23.2 Å². The maximum absolute atomic E-state index is 13.6. The molecule has 0 bridgehead atoms.